The van der Waals surface area contributed by atoms with Gasteiger partial charge in [-0.2, -0.15) is 0 Å². The molecule has 25 heavy (non-hydrogen) atoms. The van der Waals surface area contributed by atoms with Crippen LogP contribution in [0.4, 0.5) is 0 Å². The molecule has 7 nitrogen and oxygen atoms in total. The van der Waals surface area contributed by atoms with E-state index in [1.165, 1.54) is 0 Å². The maximum absolute atomic E-state index is 12.7. The number of aromatic nitrogens is 2. The first-order chi connectivity index (χ1) is 12.2. The molecule has 0 saturated carbocycles. The van der Waals surface area contributed by atoms with E-state index in [4.69, 9.17) is 4.74 Å². The van der Waals surface area contributed by atoms with Gasteiger partial charge in [0.05, 0.1) is 31.6 Å². The highest BCUT2D eigenvalue weighted by Crippen LogP contribution is 2.22. The van der Waals surface area contributed by atoms with Gasteiger partial charge in [-0.1, -0.05) is 18.2 Å². The standard InChI is InChI=1S/C18H24N4O3/c1-14-19-10-16(20-14)12-22(6-8-23)18(24)13-21-7-9-25-17-5-3-2-4-15(17)11-21/h2-5,10,23H,6-9,11-13H2,1H3,(H,19,20). The Balaban J connectivity index is 1.64. The van der Waals surface area contributed by atoms with Gasteiger partial charge >= 0.3 is 0 Å². The van der Waals surface area contributed by atoms with Gasteiger partial charge in [0, 0.05) is 25.2 Å². The summed E-state index contributed by atoms with van der Waals surface area (Å²) in [5.74, 6) is 1.69. The monoisotopic (exact) mass is 344 g/mol. The Morgan fingerprint density at radius 3 is 3.04 bits per heavy atom. The number of hydrogen-bond acceptors (Lipinski definition) is 5. The predicted octanol–water partition coefficient (Wildman–Crippen LogP) is 0.934. The lowest BCUT2D eigenvalue weighted by Gasteiger charge is -2.25. The molecule has 2 heterocycles. The van der Waals surface area contributed by atoms with Crippen LogP contribution in [0.5, 0.6) is 5.75 Å². The molecule has 2 aromatic rings. The van der Waals surface area contributed by atoms with E-state index in [2.05, 4.69) is 14.9 Å². The number of rotatable bonds is 6. The highest BCUT2D eigenvalue weighted by atomic mass is 16.5. The molecule has 1 amide bonds. The number of aliphatic hydroxyl groups is 1. The van der Waals surface area contributed by atoms with Crippen LogP contribution in [0, 0.1) is 6.92 Å². The van der Waals surface area contributed by atoms with Crippen LogP contribution in [0.25, 0.3) is 0 Å². The SMILES string of the molecule is Cc1ncc(CN(CCO)C(=O)CN2CCOc3ccccc3C2)[nH]1. The van der Waals surface area contributed by atoms with Crippen molar-refractivity contribution < 1.29 is 14.6 Å². The van der Waals surface area contributed by atoms with Gasteiger partial charge in [0.2, 0.25) is 5.91 Å². The summed E-state index contributed by atoms with van der Waals surface area (Å²) in [5.41, 5.74) is 1.95. The minimum atomic E-state index is -0.0647. The third kappa shape index (κ3) is 4.58. The van der Waals surface area contributed by atoms with Crippen molar-refractivity contribution in [1.29, 1.82) is 0 Å². The van der Waals surface area contributed by atoms with Crippen LogP contribution < -0.4 is 4.74 Å². The smallest absolute Gasteiger partial charge is 0.237 e. The molecule has 1 aromatic heterocycles. The molecule has 0 bridgehead atoms. The molecule has 0 saturated heterocycles. The number of carbonyl (C=O) groups is 1. The minimum absolute atomic E-state index is 0.0133. The third-order valence-electron chi connectivity index (χ3n) is 4.23. The summed E-state index contributed by atoms with van der Waals surface area (Å²) in [4.78, 5) is 23.8. The summed E-state index contributed by atoms with van der Waals surface area (Å²) in [6.07, 6.45) is 1.73. The van der Waals surface area contributed by atoms with E-state index in [9.17, 15) is 9.90 Å². The van der Waals surface area contributed by atoms with Gasteiger partial charge in [0.25, 0.3) is 0 Å². The van der Waals surface area contributed by atoms with Gasteiger partial charge in [0.1, 0.15) is 18.2 Å². The maximum atomic E-state index is 12.7. The lowest BCUT2D eigenvalue weighted by molar-refractivity contribution is -0.133. The molecule has 0 radical (unpaired) electrons. The number of nitrogens with one attached hydrogen (secondary N) is 1. The number of aromatic amines is 1. The molecular formula is C18H24N4O3. The molecule has 0 aliphatic carbocycles. The molecule has 0 spiro atoms. The molecule has 7 heteroatoms. The van der Waals surface area contributed by atoms with Crippen LogP contribution in [0.1, 0.15) is 17.1 Å². The van der Waals surface area contributed by atoms with Gasteiger partial charge in [0.15, 0.2) is 0 Å². The summed E-state index contributed by atoms with van der Waals surface area (Å²) >= 11 is 0. The fourth-order valence-corrected chi connectivity index (χ4v) is 2.98. The van der Waals surface area contributed by atoms with Crippen LogP contribution in [0.3, 0.4) is 0 Å². The van der Waals surface area contributed by atoms with Crippen molar-refractivity contribution in [3.05, 3.63) is 47.5 Å². The first-order valence-corrected chi connectivity index (χ1v) is 8.48. The van der Waals surface area contributed by atoms with Crippen molar-refractivity contribution in [2.75, 3.05) is 32.8 Å². The summed E-state index contributed by atoms with van der Waals surface area (Å²) in [6.45, 7) is 4.75. The summed E-state index contributed by atoms with van der Waals surface area (Å²) in [6, 6.07) is 7.91. The minimum Gasteiger partial charge on any atom is -0.492 e. The maximum Gasteiger partial charge on any atom is 0.237 e. The molecule has 2 N–H and O–H groups in total. The third-order valence-corrected chi connectivity index (χ3v) is 4.23. The Kier molecular flexibility index (Phi) is 5.67. The Labute approximate surface area is 147 Å². The summed E-state index contributed by atoms with van der Waals surface area (Å²) in [7, 11) is 0. The molecular weight excluding hydrogens is 320 g/mol. The zero-order valence-corrected chi connectivity index (χ0v) is 14.4. The zero-order chi connectivity index (χ0) is 17.6. The molecule has 3 rings (SSSR count). The zero-order valence-electron chi connectivity index (χ0n) is 14.4. The van der Waals surface area contributed by atoms with Gasteiger partial charge in [-0.3, -0.25) is 9.69 Å². The van der Waals surface area contributed by atoms with E-state index in [1.54, 1.807) is 11.1 Å². The lowest BCUT2D eigenvalue weighted by Crippen LogP contribution is -2.41. The van der Waals surface area contributed by atoms with E-state index >= 15 is 0 Å². The number of fused-ring (bicyclic) bond motifs is 1. The largest absolute Gasteiger partial charge is 0.492 e. The average Bonchev–Trinajstić information content (AvgIpc) is 2.89. The molecule has 0 unspecified atom stereocenters. The number of benzene rings is 1. The van der Waals surface area contributed by atoms with Gasteiger partial charge in [-0.05, 0) is 13.0 Å². The molecule has 1 aliphatic heterocycles. The number of amides is 1. The van der Waals surface area contributed by atoms with Crippen molar-refractivity contribution >= 4 is 5.91 Å². The Morgan fingerprint density at radius 2 is 2.28 bits per heavy atom. The molecule has 134 valence electrons. The fourth-order valence-electron chi connectivity index (χ4n) is 2.98. The number of aryl methyl sites for hydroxylation is 1. The van der Waals surface area contributed by atoms with E-state index in [0.717, 1.165) is 22.8 Å². The topological polar surface area (TPSA) is 81.7 Å². The van der Waals surface area contributed by atoms with Crippen LogP contribution in [0.2, 0.25) is 0 Å². The number of hydrogen-bond donors (Lipinski definition) is 2. The Bertz CT molecular complexity index is 716. The Morgan fingerprint density at radius 1 is 1.44 bits per heavy atom. The van der Waals surface area contributed by atoms with Crippen LogP contribution in [-0.2, 0) is 17.9 Å². The van der Waals surface area contributed by atoms with E-state index in [-0.39, 0.29) is 12.5 Å². The highest BCUT2D eigenvalue weighted by Gasteiger charge is 2.21. The molecule has 0 atom stereocenters. The average molecular weight is 344 g/mol. The second-order valence-electron chi connectivity index (χ2n) is 6.20. The van der Waals surface area contributed by atoms with Crippen LogP contribution in [-0.4, -0.2) is 63.6 Å². The molecule has 1 aliphatic rings. The first kappa shape index (κ1) is 17.4. The predicted molar refractivity (Wildman–Crippen MR) is 93.0 cm³/mol. The van der Waals surface area contributed by atoms with Gasteiger partial charge in [-0.15, -0.1) is 0 Å². The lowest BCUT2D eigenvalue weighted by atomic mass is 10.2. The normalized spacial score (nSPS) is 14.5. The quantitative estimate of drug-likeness (QED) is 0.815. The number of para-hydroxylation sites is 1. The summed E-state index contributed by atoms with van der Waals surface area (Å²) in [5, 5.41) is 9.30. The van der Waals surface area contributed by atoms with E-state index in [1.807, 2.05) is 31.2 Å². The van der Waals surface area contributed by atoms with Crippen molar-refractivity contribution in [3.63, 3.8) is 0 Å². The first-order valence-electron chi connectivity index (χ1n) is 8.48. The number of nitrogens with zero attached hydrogens (tertiary/aromatic N) is 3. The molecule has 0 fully saturated rings. The van der Waals surface area contributed by atoms with Crippen molar-refractivity contribution in [3.8, 4) is 5.75 Å². The number of carbonyl (C=O) groups excluding carboxylic acids is 1. The van der Waals surface area contributed by atoms with Gasteiger partial charge in [-0.25, -0.2) is 4.98 Å². The summed E-state index contributed by atoms with van der Waals surface area (Å²) < 4.78 is 5.75. The van der Waals surface area contributed by atoms with Gasteiger partial charge < -0.3 is 19.7 Å². The number of ether oxygens (including phenoxy) is 1. The van der Waals surface area contributed by atoms with Crippen LogP contribution in [0.15, 0.2) is 30.5 Å². The highest BCUT2D eigenvalue weighted by molar-refractivity contribution is 5.78. The number of imidazole rings is 1. The van der Waals surface area contributed by atoms with Crippen LogP contribution >= 0.6 is 0 Å². The van der Waals surface area contributed by atoms with Crippen molar-refractivity contribution in [1.82, 2.24) is 19.8 Å². The Hall–Kier alpha value is -2.38. The van der Waals surface area contributed by atoms with Crippen molar-refractivity contribution in [2.24, 2.45) is 0 Å². The second-order valence-corrected chi connectivity index (χ2v) is 6.20. The molecule has 1 aromatic carbocycles. The fraction of sp³-hybridized carbons (Fsp3) is 0.444. The van der Waals surface area contributed by atoms with E-state index < -0.39 is 0 Å². The van der Waals surface area contributed by atoms with Crippen molar-refractivity contribution in [2.45, 2.75) is 20.0 Å². The number of aliphatic hydroxyl groups excluding tert-OH is 1. The van der Waals surface area contributed by atoms with E-state index in [0.29, 0.717) is 39.3 Å². The second kappa shape index (κ2) is 8.13. The number of H-pyrrole nitrogens is 1.